The van der Waals surface area contributed by atoms with Crippen molar-refractivity contribution in [3.63, 3.8) is 0 Å². The van der Waals surface area contributed by atoms with Crippen molar-refractivity contribution in [3.05, 3.63) is 82.9 Å². The van der Waals surface area contributed by atoms with E-state index < -0.39 is 0 Å². The van der Waals surface area contributed by atoms with Gasteiger partial charge in [0.15, 0.2) is 0 Å². The van der Waals surface area contributed by atoms with E-state index >= 15 is 0 Å². The molecule has 0 unspecified atom stereocenters. The molecule has 0 bridgehead atoms. The lowest BCUT2D eigenvalue weighted by atomic mass is 10.1. The van der Waals surface area contributed by atoms with Crippen molar-refractivity contribution in [2.24, 2.45) is 0 Å². The highest BCUT2D eigenvalue weighted by atomic mass is 16.5. The van der Waals surface area contributed by atoms with Crippen LogP contribution in [0.4, 0.5) is 11.4 Å². The number of ether oxygens (including phenoxy) is 2. The van der Waals surface area contributed by atoms with Crippen LogP contribution in [0, 0.1) is 0 Å². The Kier molecular flexibility index (Phi) is 7.61. The van der Waals surface area contributed by atoms with E-state index in [0.717, 1.165) is 45.1 Å². The lowest BCUT2D eigenvalue weighted by Crippen LogP contribution is -2.10. The maximum Gasteiger partial charge on any atom is 0.142 e. The van der Waals surface area contributed by atoms with Gasteiger partial charge < -0.3 is 19.3 Å². The number of rotatable bonds is 8. The van der Waals surface area contributed by atoms with Gasteiger partial charge in [0, 0.05) is 28.2 Å². The van der Waals surface area contributed by atoms with Gasteiger partial charge in [0.05, 0.1) is 25.6 Å². The van der Waals surface area contributed by atoms with Crippen LogP contribution in [0.1, 0.15) is 22.3 Å². The van der Waals surface area contributed by atoms with E-state index in [2.05, 4.69) is 82.6 Å². The molecule has 4 nitrogen and oxygen atoms in total. The molecule has 0 heterocycles. The highest BCUT2D eigenvalue weighted by Gasteiger charge is 2.06. The number of anilines is 2. The second-order valence-electron chi connectivity index (χ2n) is 7.99. The second kappa shape index (κ2) is 10.6. The Morgan fingerprint density at radius 2 is 0.906 bits per heavy atom. The Bertz CT molecular complexity index is 1030. The van der Waals surface area contributed by atoms with Crippen molar-refractivity contribution in [1.82, 2.24) is 0 Å². The number of benzene rings is 3. The third kappa shape index (κ3) is 5.73. The molecule has 0 fully saturated rings. The largest absolute Gasteiger partial charge is 0.495 e. The third-order valence-electron chi connectivity index (χ3n) is 5.22. The van der Waals surface area contributed by atoms with Crippen LogP contribution < -0.4 is 19.3 Å². The van der Waals surface area contributed by atoms with Gasteiger partial charge in [-0.15, -0.1) is 0 Å². The Labute approximate surface area is 192 Å². The van der Waals surface area contributed by atoms with Crippen LogP contribution in [0.5, 0.6) is 11.5 Å². The molecule has 0 aliphatic heterocycles. The quantitative estimate of drug-likeness (QED) is 0.400. The zero-order valence-electron chi connectivity index (χ0n) is 19.8. The number of methoxy groups -OCH3 is 2. The highest BCUT2D eigenvalue weighted by molar-refractivity contribution is 5.77. The van der Waals surface area contributed by atoms with Gasteiger partial charge in [-0.1, -0.05) is 54.6 Å². The minimum Gasteiger partial charge on any atom is -0.495 e. The first kappa shape index (κ1) is 23.0. The van der Waals surface area contributed by atoms with Crippen molar-refractivity contribution in [2.45, 2.75) is 0 Å². The van der Waals surface area contributed by atoms with Crippen LogP contribution in [0.3, 0.4) is 0 Å². The van der Waals surface area contributed by atoms with Gasteiger partial charge in [0.1, 0.15) is 11.5 Å². The van der Waals surface area contributed by atoms with Crippen molar-refractivity contribution < 1.29 is 9.47 Å². The van der Waals surface area contributed by atoms with E-state index in [1.54, 1.807) is 14.2 Å². The first-order valence-electron chi connectivity index (χ1n) is 10.6. The molecule has 4 heteroatoms. The van der Waals surface area contributed by atoms with Crippen LogP contribution in [0.25, 0.3) is 24.3 Å². The summed E-state index contributed by atoms with van der Waals surface area (Å²) in [6.07, 6.45) is 8.52. The van der Waals surface area contributed by atoms with E-state index in [1.165, 1.54) is 0 Å². The molecule has 3 aromatic rings. The maximum atomic E-state index is 5.45. The normalized spacial score (nSPS) is 11.2. The molecule has 3 rings (SSSR count). The summed E-state index contributed by atoms with van der Waals surface area (Å²) in [5.74, 6) is 1.74. The number of hydrogen-bond acceptors (Lipinski definition) is 4. The summed E-state index contributed by atoms with van der Waals surface area (Å²) in [7, 11) is 11.5. The Morgan fingerprint density at radius 1 is 0.531 bits per heavy atom. The zero-order valence-corrected chi connectivity index (χ0v) is 19.8. The summed E-state index contributed by atoms with van der Waals surface area (Å²) in [5, 5.41) is 0. The van der Waals surface area contributed by atoms with Gasteiger partial charge in [0.2, 0.25) is 0 Å². The maximum absolute atomic E-state index is 5.45. The van der Waals surface area contributed by atoms with Crippen molar-refractivity contribution in [2.75, 3.05) is 52.2 Å². The fourth-order valence-electron chi connectivity index (χ4n) is 3.47. The lowest BCUT2D eigenvalue weighted by molar-refractivity contribution is 0.415. The molecule has 166 valence electrons. The van der Waals surface area contributed by atoms with Gasteiger partial charge in [-0.3, -0.25) is 0 Å². The number of hydrogen-bond donors (Lipinski definition) is 0. The summed E-state index contributed by atoms with van der Waals surface area (Å²) in [6.45, 7) is 0. The summed E-state index contributed by atoms with van der Waals surface area (Å²) >= 11 is 0. The molecule has 0 saturated carbocycles. The standard InChI is InChI=1S/C28H32N2O2/c1-29(2)25-19-23(14-16-27(25)31-5)12-10-21-8-7-9-22(18-21)11-13-24-15-17-28(32-6)26(20-24)30(3)4/h7-20H,1-6H3/b12-10+,13-11+. The smallest absolute Gasteiger partial charge is 0.142 e. The van der Waals surface area contributed by atoms with Gasteiger partial charge in [-0.25, -0.2) is 0 Å². The average Bonchev–Trinajstić information content (AvgIpc) is 2.81. The monoisotopic (exact) mass is 428 g/mol. The van der Waals surface area contributed by atoms with Crippen LogP contribution in [-0.2, 0) is 0 Å². The lowest BCUT2D eigenvalue weighted by Gasteiger charge is -2.17. The highest BCUT2D eigenvalue weighted by Crippen LogP contribution is 2.29. The van der Waals surface area contributed by atoms with Crippen molar-refractivity contribution in [1.29, 1.82) is 0 Å². The van der Waals surface area contributed by atoms with Crippen LogP contribution in [-0.4, -0.2) is 42.4 Å². The number of nitrogens with zero attached hydrogens (tertiary/aromatic N) is 2. The third-order valence-corrected chi connectivity index (χ3v) is 5.22. The predicted molar refractivity (Wildman–Crippen MR) is 139 cm³/mol. The minimum absolute atomic E-state index is 0.871. The Balaban J connectivity index is 1.79. The summed E-state index contributed by atoms with van der Waals surface area (Å²) in [6, 6.07) is 20.9. The summed E-state index contributed by atoms with van der Waals surface area (Å²) < 4.78 is 10.9. The van der Waals surface area contributed by atoms with Crippen LogP contribution in [0.15, 0.2) is 60.7 Å². The van der Waals surface area contributed by atoms with E-state index in [-0.39, 0.29) is 0 Å². The minimum atomic E-state index is 0.871. The fourth-order valence-corrected chi connectivity index (χ4v) is 3.47. The molecular formula is C28H32N2O2. The van der Waals surface area contributed by atoms with Gasteiger partial charge in [0.25, 0.3) is 0 Å². The van der Waals surface area contributed by atoms with E-state index in [1.807, 2.05) is 40.3 Å². The Morgan fingerprint density at radius 3 is 1.25 bits per heavy atom. The van der Waals surface area contributed by atoms with Crippen molar-refractivity contribution in [3.8, 4) is 11.5 Å². The topological polar surface area (TPSA) is 24.9 Å². The molecule has 0 radical (unpaired) electrons. The first-order valence-corrected chi connectivity index (χ1v) is 10.6. The zero-order chi connectivity index (χ0) is 23.1. The van der Waals surface area contributed by atoms with E-state index in [0.29, 0.717) is 0 Å². The first-order chi connectivity index (χ1) is 15.4. The molecule has 0 spiro atoms. The fraction of sp³-hybridized carbons (Fsp3) is 0.214. The molecule has 0 atom stereocenters. The summed E-state index contributed by atoms with van der Waals surface area (Å²) in [5.41, 5.74) is 6.68. The predicted octanol–water partition coefficient (Wildman–Crippen LogP) is 6.18. The van der Waals surface area contributed by atoms with Crippen LogP contribution >= 0.6 is 0 Å². The molecule has 0 amide bonds. The SMILES string of the molecule is COc1ccc(/C=C/c2cccc(/C=C/c3ccc(OC)c(N(C)C)c3)c2)cc1N(C)C. The summed E-state index contributed by atoms with van der Waals surface area (Å²) in [4.78, 5) is 4.12. The molecular weight excluding hydrogens is 396 g/mol. The average molecular weight is 429 g/mol. The molecule has 0 aliphatic carbocycles. The molecule has 0 aliphatic rings. The van der Waals surface area contributed by atoms with E-state index in [9.17, 15) is 0 Å². The van der Waals surface area contributed by atoms with Gasteiger partial charge in [-0.05, 0) is 52.6 Å². The van der Waals surface area contributed by atoms with E-state index in [4.69, 9.17) is 9.47 Å². The van der Waals surface area contributed by atoms with Crippen molar-refractivity contribution >= 4 is 35.7 Å². The van der Waals surface area contributed by atoms with Gasteiger partial charge in [-0.2, -0.15) is 0 Å². The molecule has 0 aromatic heterocycles. The van der Waals surface area contributed by atoms with Gasteiger partial charge >= 0.3 is 0 Å². The molecule has 32 heavy (non-hydrogen) atoms. The second-order valence-corrected chi connectivity index (χ2v) is 7.99. The molecule has 0 saturated heterocycles. The molecule has 3 aromatic carbocycles. The Hall–Kier alpha value is -3.66. The van der Waals surface area contributed by atoms with Crippen LogP contribution in [0.2, 0.25) is 0 Å². The molecule has 0 N–H and O–H groups in total.